The lowest BCUT2D eigenvalue weighted by molar-refractivity contribution is 0.128. The van der Waals surface area contributed by atoms with Gasteiger partial charge in [0, 0.05) is 25.4 Å². The molecule has 2 aromatic rings. The molecule has 0 unspecified atom stereocenters. The molecule has 0 spiro atoms. The largest absolute Gasteiger partial charge is 0.374 e. The van der Waals surface area contributed by atoms with E-state index in [0.717, 1.165) is 23.0 Å². The lowest BCUT2D eigenvalue weighted by Gasteiger charge is -2.10. The molecule has 6 nitrogen and oxygen atoms in total. The van der Waals surface area contributed by atoms with E-state index < -0.39 is 0 Å². The van der Waals surface area contributed by atoms with Gasteiger partial charge in [0.05, 0.1) is 12.2 Å². The highest BCUT2D eigenvalue weighted by Gasteiger charge is 2.04. The molecule has 0 aliphatic heterocycles. The second-order valence-electron chi connectivity index (χ2n) is 4.57. The predicted octanol–water partition coefficient (Wildman–Crippen LogP) is 2.37. The van der Waals surface area contributed by atoms with Gasteiger partial charge in [-0.2, -0.15) is 0 Å². The van der Waals surface area contributed by atoms with E-state index in [4.69, 9.17) is 4.74 Å². The number of aryl methyl sites for hydroxylation is 1. The fraction of sp³-hybridized carbons (Fsp3) is 0.400. The fourth-order valence-corrected chi connectivity index (χ4v) is 1.85. The van der Waals surface area contributed by atoms with Gasteiger partial charge in [0.1, 0.15) is 18.2 Å². The average molecular weight is 287 g/mol. The molecule has 6 heteroatoms. The number of anilines is 2. The van der Waals surface area contributed by atoms with E-state index in [-0.39, 0.29) is 0 Å². The minimum Gasteiger partial charge on any atom is -0.374 e. The second-order valence-corrected chi connectivity index (χ2v) is 4.57. The van der Waals surface area contributed by atoms with Gasteiger partial charge in [-0.15, -0.1) is 0 Å². The Morgan fingerprint density at radius 2 is 1.95 bits per heavy atom. The van der Waals surface area contributed by atoms with Crippen LogP contribution < -0.4 is 10.6 Å². The Morgan fingerprint density at radius 1 is 1.14 bits per heavy atom. The van der Waals surface area contributed by atoms with Gasteiger partial charge >= 0.3 is 0 Å². The second kappa shape index (κ2) is 7.54. The SMILES string of the molecule is CCOCc1nc(NC)cc(NCc2cccc(C)n2)n1. The van der Waals surface area contributed by atoms with Crippen LogP contribution in [0, 0.1) is 6.92 Å². The maximum absolute atomic E-state index is 5.36. The highest BCUT2D eigenvalue weighted by atomic mass is 16.5. The molecule has 0 amide bonds. The number of hydrogen-bond acceptors (Lipinski definition) is 6. The summed E-state index contributed by atoms with van der Waals surface area (Å²) in [5, 5.41) is 6.30. The molecule has 2 aromatic heterocycles. The predicted molar refractivity (Wildman–Crippen MR) is 83.2 cm³/mol. The molecule has 2 N–H and O–H groups in total. The summed E-state index contributed by atoms with van der Waals surface area (Å²) >= 11 is 0. The zero-order valence-corrected chi connectivity index (χ0v) is 12.7. The first-order valence-electron chi connectivity index (χ1n) is 7.01. The van der Waals surface area contributed by atoms with Gasteiger partial charge in [-0.25, -0.2) is 9.97 Å². The van der Waals surface area contributed by atoms with E-state index in [0.29, 0.717) is 25.6 Å². The number of nitrogens with one attached hydrogen (secondary N) is 2. The van der Waals surface area contributed by atoms with E-state index in [9.17, 15) is 0 Å². The fourth-order valence-electron chi connectivity index (χ4n) is 1.85. The Kier molecular flexibility index (Phi) is 5.45. The zero-order chi connectivity index (χ0) is 15.1. The monoisotopic (exact) mass is 287 g/mol. The summed E-state index contributed by atoms with van der Waals surface area (Å²) in [4.78, 5) is 13.3. The smallest absolute Gasteiger partial charge is 0.158 e. The highest BCUT2D eigenvalue weighted by Crippen LogP contribution is 2.12. The Labute approximate surface area is 125 Å². The average Bonchev–Trinajstić information content (AvgIpc) is 2.51. The van der Waals surface area contributed by atoms with Crippen molar-refractivity contribution in [3.8, 4) is 0 Å². The zero-order valence-electron chi connectivity index (χ0n) is 12.7. The Balaban J connectivity index is 2.07. The minimum absolute atomic E-state index is 0.406. The molecule has 2 rings (SSSR count). The van der Waals surface area contributed by atoms with Crippen molar-refractivity contribution < 1.29 is 4.74 Å². The summed E-state index contributed by atoms with van der Waals surface area (Å²) in [6, 6.07) is 7.83. The summed E-state index contributed by atoms with van der Waals surface area (Å²) in [6.07, 6.45) is 0. The van der Waals surface area contributed by atoms with Gasteiger partial charge < -0.3 is 15.4 Å². The van der Waals surface area contributed by atoms with Crippen LogP contribution in [-0.2, 0) is 17.9 Å². The van der Waals surface area contributed by atoms with Crippen LogP contribution in [0.5, 0.6) is 0 Å². The van der Waals surface area contributed by atoms with Crippen LogP contribution in [0.4, 0.5) is 11.6 Å². The lowest BCUT2D eigenvalue weighted by Crippen LogP contribution is -2.08. The van der Waals surface area contributed by atoms with Crippen LogP contribution in [-0.4, -0.2) is 28.6 Å². The third kappa shape index (κ3) is 4.68. The van der Waals surface area contributed by atoms with Gasteiger partial charge in [0.25, 0.3) is 0 Å². The Hall–Kier alpha value is -2.21. The molecule has 0 saturated carbocycles. The number of ether oxygens (including phenoxy) is 1. The summed E-state index contributed by atoms with van der Waals surface area (Å²) < 4.78 is 5.36. The van der Waals surface area contributed by atoms with Crippen molar-refractivity contribution in [3.63, 3.8) is 0 Å². The summed E-state index contributed by atoms with van der Waals surface area (Å²) in [5.41, 5.74) is 1.98. The third-order valence-corrected chi connectivity index (χ3v) is 2.86. The molecular weight excluding hydrogens is 266 g/mol. The van der Waals surface area contributed by atoms with Crippen LogP contribution in [0.1, 0.15) is 24.1 Å². The molecule has 2 heterocycles. The highest BCUT2D eigenvalue weighted by molar-refractivity contribution is 5.47. The van der Waals surface area contributed by atoms with Crippen molar-refractivity contribution in [2.24, 2.45) is 0 Å². The van der Waals surface area contributed by atoms with E-state index in [1.165, 1.54) is 0 Å². The number of hydrogen-bond donors (Lipinski definition) is 2. The number of nitrogens with zero attached hydrogens (tertiary/aromatic N) is 3. The number of rotatable bonds is 7. The summed E-state index contributed by atoms with van der Waals surface area (Å²) in [6.45, 7) is 5.60. The van der Waals surface area contributed by atoms with E-state index in [1.54, 1.807) is 0 Å². The molecule has 0 aliphatic rings. The van der Waals surface area contributed by atoms with Gasteiger partial charge in [0.15, 0.2) is 5.82 Å². The van der Waals surface area contributed by atoms with Crippen molar-refractivity contribution in [1.29, 1.82) is 0 Å². The summed E-state index contributed by atoms with van der Waals surface area (Å²) in [7, 11) is 1.83. The van der Waals surface area contributed by atoms with Crippen molar-refractivity contribution >= 4 is 11.6 Å². The molecule has 0 atom stereocenters. The number of aromatic nitrogens is 3. The van der Waals surface area contributed by atoms with Gasteiger partial charge in [-0.3, -0.25) is 4.98 Å². The van der Waals surface area contributed by atoms with E-state index >= 15 is 0 Å². The quantitative estimate of drug-likeness (QED) is 0.814. The molecule has 112 valence electrons. The molecule has 0 radical (unpaired) electrons. The van der Waals surface area contributed by atoms with Crippen LogP contribution in [0.25, 0.3) is 0 Å². The first-order valence-corrected chi connectivity index (χ1v) is 7.01. The molecule has 0 aliphatic carbocycles. The topological polar surface area (TPSA) is 72.0 Å². The van der Waals surface area contributed by atoms with Crippen LogP contribution >= 0.6 is 0 Å². The molecular formula is C15H21N5O. The maximum atomic E-state index is 5.36. The van der Waals surface area contributed by atoms with Crippen LogP contribution in [0.15, 0.2) is 24.3 Å². The molecule has 0 aromatic carbocycles. The van der Waals surface area contributed by atoms with E-state index in [2.05, 4.69) is 25.6 Å². The van der Waals surface area contributed by atoms with Crippen molar-refractivity contribution in [2.75, 3.05) is 24.3 Å². The molecule has 0 fully saturated rings. The van der Waals surface area contributed by atoms with Gasteiger partial charge in [-0.1, -0.05) is 6.07 Å². The lowest BCUT2D eigenvalue weighted by atomic mass is 10.3. The first kappa shape index (κ1) is 15.2. The third-order valence-electron chi connectivity index (χ3n) is 2.86. The van der Waals surface area contributed by atoms with E-state index in [1.807, 2.05) is 45.2 Å². The maximum Gasteiger partial charge on any atom is 0.158 e. The van der Waals surface area contributed by atoms with Crippen molar-refractivity contribution in [1.82, 2.24) is 15.0 Å². The minimum atomic E-state index is 0.406. The van der Waals surface area contributed by atoms with Gasteiger partial charge in [0.2, 0.25) is 0 Å². The number of pyridine rings is 1. The van der Waals surface area contributed by atoms with Crippen molar-refractivity contribution in [2.45, 2.75) is 27.0 Å². The van der Waals surface area contributed by atoms with Gasteiger partial charge in [-0.05, 0) is 26.0 Å². The molecule has 21 heavy (non-hydrogen) atoms. The van der Waals surface area contributed by atoms with Crippen LogP contribution in [0.2, 0.25) is 0 Å². The normalized spacial score (nSPS) is 10.4. The standard InChI is InChI=1S/C15H21N5O/c1-4-21-10-15-19-13(16-3)8-14(20-15)17-9-12-7-5-6-11(2)18-12/h5-8H,4,9-10H2,1-3H3,(H2,16,17,19,20). The Morgan fingerprint density at radius 3 is 2.67 bits per heavy atom. The summed E-state index contributed by atoms with van der Waals surface area (Å²) in [5.74, 6) is 2.18. The van der Waals surface area contributed by atoms with Crippen molar-refractivity contribution in [3.05, 3.63) is 41.5 Å². The first-order chi connectivity index (χ1) is 10.2. The Bertz CT molecular complexity index is 588. The molecule has 0 bridgehead atoms. The molecule has 0 saturated heterocycles. The van der Waals surface area contributed by atoms with Crippen LogP contribution in [0.3, 0.4) is 0 Å².